The van der Waals surface area contributed by atoms with Crippen molar-refractivity contribution < 1.29 is 9.59 Å². The number of piperazine rings is 1. The van der Waals surface area contributed by atoms with E-state index < -0.39 is 5.54 Å². The fourth-order valence-corrected chi connectivity index (χ4v) is 2.00. The zero-order valence-corrected chi connectivity index (χ0v) is 10.4. The van der Waals surface area contributed by atoms with Crippen LogP contribution < -0.4 is 16.0 Å². The molecule has 6 nitrogen and oxygen atoms in total. The number of imide groups is 1. The van der Waals surface area contributed by atoms with Gasteiger partial charge in [-0.3, -0.25) is 19.9 Å². The average molecular weight is 248 g/mol. The summed E-state index contributed by atoms with van der Waals surface area (Å²) in [5, 5.41) is 2.34. The highest BCUT2D eigenvalue weighted by Gasteiger charge is 2.41. The van der Waals surface area contributed by atoms with Crippen molar-refractivity contribution in [3.63, 3.8) is 0 Å². The van der Waals surface area contributed by atoms with Gasteiger partial charge in [-0.15, -0.1) is 0 Å². The molecule has 3 N–H and O–H groups in total. The molecule has 0 saturated carbocycles. The lowest BCUT2D eigenvalue weighted by Crippen LogP contribution is -2.64. The van der Waals surface area contributed by atoms with Crippen molar-refractivity contribution >= 4 is 17.5 Å². The van der Waals surface area contributed by atoms with Crippen molar-refractivity contribution in [1.82, 2.24) is 10.3 Å². The molecule has 2 rings (SSSR count). The lowest BCUT2D eigenvalue weighted by molar-refractivity contribution is -0.135. The average Bonchev–Trinajstić information content (AvgIpc) is 2.34. The van der Waals surface area contributed by atoms with Gasteiger partial charge in [-0.2, -0.15) is 0 Å². The summed E-state index contributed by atoms with van der Waals surface area (Å²) in [6.45, 7) is 3.92. The second-order valence-corrected chi connectivity index (χ2v) is 4.70. The molecule has 0 aromatic carbocycles. The van der Waals surface area contributed by atoms with Crippen LogP contribution in [0.3, 0.4) is 0 Å². The van der Waals surface area contributed by atoms with Gasteiger partial charge in [0.2, 0.25) is 5.91 Å². The number of carbonyl (C=O) groups excluding carboxylic acids is 2. The molecule has 1 aliphatic heterocycles. The molecule has 0 unspecified atom stereocenters. The Morgan fingerprint density at radius 2 is 2.22 bits per heavy atom. The second kappa shape index (κ2) is 4.38. The Bertz CT molecular complexity index is 499. The van der Waals surface area contributed by atoms with Crippen molar-refractivity contribution in [2.24, 2.45) is 5.73 Å². The lowest BCUT2D eigenvalue weighted by atomic mass is 9.97. The normalized spacial score (nSPS) is 18.7. The number of pyridine rings is 1. The number of nitrogens with zero attached hydrogens (tertiary/aromatic N) is 2. The SMILES string of the molecule is CC1(C)C(=O)NC(=O)CN1c1cccnc1CN. The number of rotatable bonds is 2. The van der Waals surface area contributed by atoms with E-state index in [-0.39, 0.29) is 24.9 Å². The predicted octanol–water partition coefficient (Wildman–Crippen LogP) is -0.218. The summed E-state index contributed by atoms with van der Waals surface area (Å²) < 4.78 is 0. The molecular formula is C12H16N4O2. The topological polar surface area (TPSA) is 88.3 Å². The Labute approximate surface area is 105 Å². The second-order valence-electron chi connectivity index (χ2n) is 4.70. The molecular weight excluding hydrogens is 232 g/mol. The first-order valence-corrected chi connectivity index (χ1v) is 5.72. The first kappa shape index (κ1) is 12.5. The molecule has 0 spiro atoms. The van der Waals surface area contributed by atoms with Crippen LogP contribution in [0, 0.1) is 0 Å². The first-order chi connectivity index (χ1) is 8.46. The number of nitrogens with one attached hydrogen (secondary N) is 1. The van der Waals surface area contributed by atoms with Gasteiger partial charge in [-0.25, -0.2) is 0 Å². The van der Waals surface area contributed by atoms with Gasteiger partial charge in [0.05, 0.1) is 17.9 Å². The number of hydrogen-bond donors (Lipinski definition) is 2. The Hall–Kier alpha value is -1.95. The highest BCUT2D eigenvalue weighted by atomic mass is 16.2. The molecule has 6 heteroatoms. The van der Waals surface area contributed by atoms with Gasteiger partial charge in [0.25, 0.3) is 5.91 Å². The Morgan fingerprint density at radius 1 is 1.50 bits per heavy atom. The maximum absolute atomic E-state index is 11.9. The molecule has 1 aromatic rings. The van der Waals surface area contributed by atoms with E-state index >= 15 is 0 Å². The molecule has 96 valence electrons. The molecule has 0 bridgehead atoms. The van der Waals surface area contributed by atoms with Crippen LogP contribution in [0.15, 0.2) is 18.3 Å². The Kier molecular flexibility index (Phi) is 3.04. The standard InChI is InChI=1S/C12H16N4O2/c1-12(2)11(18)15-10(17)7-16(12)9-4-3-5-14-8(9)6-13/h3-5H,6-7,13H2,1-2H3,(H,15,17,18). The van der Waals surface area contributed by atoms with Gasteiger partial charge in [-0.05, 0) is 26.0 Å². The minimum absolute atomic E-state index is 0.122. The molecule has 2 heterocycles. The summed E-state index contributed by atoms with van der Waals surface area (Å²) in [6.07, 6.45) is 1.64. The van der Waals surface area contributed by atoms with Crippen LogP contribution in [0.1, 0.15) is 19.5 Å². The number of hydrogen-bond acceptors (Lipinski definition) is 5. The van der Waals surface area contributed by atoms with Crippen molar-refractivity contribution in [1.29, 1.82) is 0 Å². The summed E-state index contributed by atoms with van der Waals surface area (Å²) in [4.78, 5) is 29.3. The maximum Gasteiger partial charge on any atom is 0.251 e. The fraction of sp³-hybridized carbons (Fsp3) is 0.417. The predicted molar refractivity (Wildman–Crippen MR) is 66.7 cm³/mol. The first-order valence-electron chi connectivity index (χ1n) is 5.72. The third-order valence-corrected chi connectivity index (χ3v) is 3.14. The molecule has 2 amide bonds. The van der Waals surface area contributed by atoms with E-state index in [4.69, 9.17) is 5.73 Å². The van der Waals surface area contributed by atoms with Crippen molar-refractivity contribution in [3.05, 3.63) is 24.0 Å². The number of aromatic nitrogens is 1. The minimum Gasteiger partial charge on any atom is -0.347 e. The Balaban J connectivity index is 2.47. The van der Waals surface area contributed by atoms with Crippen LogP contribution in [0.5, 0.6) is 0 Å². The number of nitrogens with two attached hydrogens (primary N) is 1. The molecule has 1 saturated heterocycles. The summed E-state index contributed by atoms with van der Waals surface area (Å²) >= 11 is 0. The van der Waals surface area contributed by atoms with Crippen LogP contribution in [0.2, 0.25) is 0 Å². The van der Waals surface area contributed by atoms with Gasteiger partial charge in [-0.1, -0.05) is 0 Å². The molecule has 0 atom stereocenters. The summed E-state index contributed by atoms with van der Waals surface area (Å²) in [5.41, 5.74) is 6.24. The summed E-state index contributed by atoms with van der Waals surface area (Å²) in [7, 11) is 0. The van der Waals surface area contributed by atoms with Gasteiger partial charge >= 0.3 is 0 Å². The monoisotopic (exact) mass is 248 g/mol. The van der Waals surface area contributed by atoms with Crippen LogP contribution >= 0.6 is 0 Å². The zero-order chi connectivity index (χ0) is 13.3. The quantitative estimate of drug-likeness (QED) is 0.706. The van der Waals surface area contributed by atoms with E-state index in [1.54, 1.807) is 31.0 Å². The smallest absolute Gasteiger partial charge is 0.251 e. The number of amides is 2. The summed E-state index contributed by atoms with van der Waals surface area (Å²) in [5.74, 6) is -0.628. The molecule has 0 aliphatic carbocycles. The number of anilines is 1. The van der Waals surface area contributed by atoms with Gasteiger partial charge in [0, 0.05) is 12.7 Å². The zero-order valence-electron chi connectivity index (χ0n) is 10.4. The van der Waals surface area contributed by atoms with Crippen LogP contribution in [-0.4, -0.2) is 28.9 Å². The molecule has 1 fully saturated rings. The molecule has 1 aliphatic rings. The highest BCUT2D eigenvalue weighted by molar-refractivity contribution is 6.06. The van der Waals surface area contributed by atoms with Crippen LogP contribution in [0.25, 0.3) is 0 Å². The van der Waals surface area contributed by atoms with Crippen LogP contribution in [0.4, 0.5) is 5.69 Å². The van der Waals surface area contributed by atoms with E-state index in [0.29, 0.717) is 5.69 Å². The van der Waals surface area contributed by atoms with Crippen molar-refractivity contribution in [3.8, 4) is 0 Å². The van der Waals surface area contributed by atoms with Crippen molar-refractivity contribution in [2.75, 3.05) is 11.4 Å². The molecule has 0 radical (unpaired) electrons. The van der Waals surface area contributed by atoms with E-state index in [1.807, 2.05) is 6.07 Å². The van der Waals surface area contributed by atoms with Gasteiger partial charge in [0.1, 0.15) is 5.54 Å². The Morgan fingerprint density at radius 3 is 2.89 bits per heavy atom. The third kappa shape index (κ3) is 1.95. The minimum atomic E-state index is -0.805. The van der Waals surface area contributed by atoms with Gasteiger partial charge in [0.15, 0.2) is 0 Å². The van der Waals surface area contributed by atoms with Gasteiger partial charge < -0.3 is 10.6 Å². The number of carbonyl (C=O) groups is 2. The van der Waals surface area contributed by atoms with E-state index in [2.05, 4.69) is 10.3 Å². The van der Waals surface area contributed by atoms with E-state index in [0.717, 1.165) is 5.69 Å². The molecule has 18 heavy (non-hydrogen) atoms. The summed E-state index contributed by atoms with van der Waals surface area (Å²) in [6, 6.07) is 3.59. The maximum atomic E-state index is 11.9. The van der Waals surface area contributed by atoms with E-state index in [1.165, 1.54) is 0 Å². The highest BCUT2D eigenvalue weighted by Crippen LogP contribution is 2.28. The van der Waals surface area contributed by atoms with E-state index in [9.17, 15) is 9.59 Å². The largest absolute Gasteiger partial charge is 0.347 e. The van der Waals surface area contributed by atoms with Crippen LogP contribution in [-0.2, 0) is 16.1 Å². The fourth-order valence-electron chi connectivity index (χ4n) is 2.00. The molecule has 1 aromatic heterocycles. The van der Waals surface area contributed by atoms with Crippen molar-refractivity contribution in [2.45, 2.75) is 25.9 Å². The third-order valence-electron chi connectivity index (χ3n) is 3.14. The lowest BCUT2D eigenvalue weighted by Gasteiger charge is -2.42.